The molecule has 3 heteroatoms. The predicted octanol–water partition coefficient (Wildman–Crippen LogP) is 3.00. The number of fused-ring (bicyclic) bond motifs is 7. The van der Waals surface area contributed by atoms with Crippen LogP contribution in [0.4, 0.5) is 0 Å². The van der Waals surface area contributed by atoms with E-state index < -0.39 is 0 Å². The van der Waals surface area contributed by atoms with E-state index in [1.165, 1.54) is 22.3 Å². The quantitative estimate of drug-likeness (QED) is 0.945. The van der Waals surface area contributed by atoms with Crippen molar-refractivity contribution in [3.05, 3.63) is 70.8 Å². The minimum absolute atomic E-state index is 0.0393. The fraction of sp³-hybridized carbons (Fsp3) is 0.350. The highest BCUT2D eigenvalue weighted by molar-refractivity contribution is 5.72. The number of hydrogen-bond donors (Lipinski definition) is 1. The van der Waals surface area contributed by atoms with Crippen LogP contribution in [0.15, 0.2) is 48.5 Å². The van der Waals surface area contributed by atoms with Crippen LogP contribution in [0, 0.1) is 0 Å². The first-order valence-corrected chi connectivity index (χ1v) is 8.31. The zero-order valence-corrected chi connectivity index (χ0v) is 13.7. The molecule has 0 aliphatic carbocycles. The van der Waals surface area contributed by atoms with Crippen molar-refractivity contribution in [3.8, 4) is 0 Å². The van der Waals surface area contributed by atoms with Gasteiger partial charge in [-0.3, -0.25) is 9.69 Å². The van der Waals surface area contributed by atoms with Gasteiger partial charge in [0, 0.05) is 26.1 Å². The van der Waals surface area contributed by atoms with Gasteiger partial charge in [-0.1, -0.05) is 48.5 Å². The fourth-order valence-electron chi connectivity index (χ4n) is 4.50. The first-order chi connectivity index (χ1) is 11.1. The van der Waals surface area contributed by atoms with E-state index in [0.717, 1.165) is 13.0 Å². The summed E-state index contributed by atoms with van der Waals surface area (Å²) < 4.78 is 0. The lowest BCUT2D eigenvalue weighted by Gasteiger charge is -2.44. The molecule has 2 bridgehead atoms. The number of hydrogen-bond acceptors (Lipinski definition) is 2. The zero-order valence-electron chi connectivity index (χ0n) is 13.7. The molecule has 2 aromatic rings. The van der Waals surface area contributed by atoms with Gasteiger partial charge in [0.2, 0.25) is 5.91 Å². The summed E-state index contributed by atoms with van der Waals surface area (Å²) in [6, 6.07) is 18.0. The van der Waals surface area contributed by atoms with Gasteiger partial charge in [0.05, 0.1) is 5.54 Å². The van der Waals surface area contributed by atoms with Crippen molar-refractivity contribution >= 4 is 5.91 Å². The molecule has 2 aliphatic heterocycles. The van der Waals surface area contributed by atoms with Gasteiger partial charge in [0.1, 0.15) is 0 Å². The van der Waals surface area contributed by atoms with Crippen molar-refractivity contribution in [1.29, 1.82) is 0 Å². The molecule has 2 aliphatic rings. The van der Waals surface area contributed by atoms with Crippen LogP contribution in [0.25, 0.3) is 0 Å². The molecular formula is C20H22N2O. The van der Waals surface area contributed by atoms with Crippen molar-refractivity contribution in [2.24, 2.45) is 0 Å². The molecule has 0 saturated heterocycles. The van der Waals surface area contributed by atoms with Crippen LogP contribution in [0.2, 0.25) is 0 Å². The van der Waals surface area contributed by atoms with E-state index in [9.17, 15) is 4.79 Å². The van der Waals surface area contributed by atoms with E-state index >= 15 is 0 Å². The Kier molecular flexibility index (Phi) is 3.27. The van der Waals surface area contributed by atoms with E-state index in [2.05, 4.69) is 65.7 Å². The highest BCUT2D eigenvalue weighted by Crippen LogP contribution is 2.54. The normalized spacial score (nSPS) is 24.9. The maximum Gasteiger partial charge on any atom is 0.216 e. The lowest BCUT2D eigenvalue weighted by molar-refractivity contribution is -0.119. The van der Waals surface area contributed by atoms with E-state index in [0.29, 0.717) is 12.6 Å². The molecule has 3 nitrogen and oxygen atoms in total. The third-order valence-corrected chi connectivity index (χ3v) is 5.48. The molecule has 0 spiro atoms. The minimum Gasteiger partial charge on any atom is -0.355 e. The highest BCUT2D eigenvalue weighted by Gasteiger charge is 2.51. The van der Waals surface area contributed by atoms with Gasteiger partial charge in [0.25, 0.3) is 0 Å². The second-order valence-electron chi connectivity index (χ2n) is 6.71. The molecule has 0 unspecified atom stereocenters. The maximum absolute atomic E-state index is 11.2. The smallest absolute Gasteiger partial charge is 0.216 e. The molecule has 4 rings (SSSR count). The first kappa shape index (κ1) is 14.5. The maximum atomic E-state index is 11.2. The Morgan fingerprint density at radius 3 is 2.65 bits per heavy atom. The van der Waals surface area contributed by atoms with Crippen molar-refractivity contribution in [3.63, 3.8) is 0 Å². The van der Waals surface area contributed by atoms with Crippen LogP contribution in [0.5, 0.6) is 0 Å². The minimum atomic E-state index is -0.103. The Hall–Kier alpha value is -2.13. The summed E-state index contributed by atoms with van der Waals surface area (Å²) in [5, 5.41) is 2.95. The predicted molar refractivity (Wildman–Crippen MR) is 91.2 cm³/mol. The molecular weight excluding hydrogens is 284 g/mol. The van der Waals surface area contributed by atoms with Crippen molar-refractivity contribution in [1.82, 2.24) is 10.2 Å². The number of nitrogens with one attached hydrogen (secondary N) is 1. The van der Waals surface area contributed by atoms with Gasteiger partial charge < -0.3 is 5.32 Å². The van der Waals surface area contributed by atoms with Gasteiger partial charge >= 0.3 is 0 Å². The average molecular weight is 306 g/mol. The number of carbonyl (C=O) groups excluding carboxylic acids is 1. The van der Waals surface area contributed by atoms with E-state index in [1.54, 1.807) is 6.92 Å². The molecule has 1 N–H and O–H groups in total. The Labute approximate surface area is 137 Å². The van der Waals surface area contributed by atoms with Crippen LogP contribution in [0.1, 0.15) is 42.1 Å². The van der Waals surface area contributed by atoms with Crippen molar-refractivity contribution in [2.45, 2.75) is 31.8 Å². The van der Waals surface area contributed by atoms with Crippen LogP contribution in [-0.2, 0) is 16.8 Å². The molecule has 1 amide bonds. The summed E-state index contributed by atoms with van der Waals surface area (Å²) in [5.74, 6) is 0.0393. The molecule has 0 radical (unpaired) electrons. The Bertz CT molecular complexity index is 757. The lowest BCUT2D eigenvalue weighted by Crippen LogP contribution is -2.48. The van der Waals surface area contributed by atoms with Gasteiger partial charge in [-0.2, -0.15) is 0 Å². The number of carbonyl (C=O) groups is 1. The molecule has 23 heavy (non-hydrogen) atoms. The largest absolute Gasteiger partial charge is 0.355 e. The number of rotatable bonds is 3. The Morgan fingerprint density at radius 2 is 1.87 bits per heavy atom. The Balaban J connectivity index is 1.80. The standard InChI is InChI=1S/C20H22N2O/c1-14(23)21-11-12-22-19-13-15-7-3-5-9-17(15)20(22,2)18-10-6-4-8-16(18)19/h3-10,19H,11-13H2,1-2H3,(H,21,23)/t19-,20+/m1/s1. The molecule has 0 fully saturated rings. The zero-order chi connectivity index (χ0) is 16.0. The SMILES string of the molecule is CC(=O)NCCN1[C@@H]2Cc3ccccc3[C@@]1(C)c1ccccc12. The van der Waals surface area contributed by atoms with Crippen molar-refractivity contribution in [2.75, 3.05) is 13.1 Å². The molecule has 2 atom stereocenters. The number of benzene rings is 2. The van der Waals surface area contributed by atoms with Crippen molar-refractivity contribution < 1.29 is 4.79 Å². The van der Waals surface area contributed by atoms with Gasteiger partial charge in [-0.25, -0.2) is 0 Å². The molecule has 2 aromatic carbocycles. The van der Waals surface area contributed by atoms with Gasteiger partial charge in [0.15, 0.2) is 0 Å². The summed E-state index contributed by atoms with van der Waals surface area (Å²) in [6.07, 6.45) is 1.04. The van der Waals surface area contributed by atoms with Gasteiger partial charge in [-0.05, 0) is 35.6 Å². The van der Waals surface area contributed by atoms with Gasteiger partial charge in [-0.15, -0.1) is 0 Å². The summed E-state index contributed by atoms with van der Waals surface area (Å²) >= 11 is 0. The number of amides is 1. The van der Waals surface area contributed by atoms with E-state index in [1.807, 2.05) is 0 Å². The summed E-state index contributed by atoms with van der Waals surface area (Å²) in [7, 11) is 0. The summed E-state index contributed by atoms with van der Waals surface area (Å²) in [5.41, 5.74) is 5.61. The molecule has 0 saturated carbocycles. The molecule has 2 heterocycles. The van der Waals surface area contributed by atoms with Crippen LogP contribution < -0.4 is 5.32 Å². The summed E-state index contributed by atoms with van der Waals surface area (Å²) in [4.78, 5) is 13.8. The lowest BCUT2D eigenvalue weighted by atomic mass is 9.80. The second kappa shape index (κ2) is 5.20. The number of nitrogens with zero attached hydrogens (tertiary/aromatic N) is 1. The fourth-order valence-corrected chi connectivity index (χ4v) is 4.50. The second-order valence-corrected chi connectivity index (χ2v) is 6.71. The molecule has 0 aromatic heterocycles. The first-order valence-electron chi connectivity index (χ1n) is 8.31. The van der Waals surface area contributed by atoms with Crippen LogP contribution in [-0.4, -0.2) is 23.9 Å². The molecule has 118 valence electrons. The van der Waals surface area contributed by atoms with E-state index in [-0.39, 0.29) is 11.4 Å². The monoisotopic (exact) mass is 306 g/mol. The highest BCUT2D eigenvalue weighted by atomic mass is 16.1. The Morgan fingerprint density at radius 1 is 1.17 bits per heavy atom. The van der Waals surface area contributed by atoms with Crippen LogP contribution in [0.3, 0.4) is 0 Å². The average Bonchev–Trinajstić information content (AvgIpc) is 2.72. The third-order valence-electron chi connectivity index (χ3n) is 5.48. The topological polar surface area (TPSA) is 32.3 Å². The van der Waals surface area contributed by atoms with E-state index in [4.69, 9.17) is 0 Å². The third kappa shape index (κ3) is 2.03. The summed E-state index contributed by atoms with van der Waals surface area (Å²) in [6.45, 7) is 5.47. The van der Waals surface area contributed by atoms with Crippen LogP contribution >= 0.6 is 0 Å².